The standard InChI is InChI=1S/C42H78O10/c1-5-9-13-17-21-25-29-37(45)49-33-35(43)41(51-39(47)31-27-23-19-15-11-7-3)42(52-40(48)32-28-24-20-16-12-8-4)36(44)34-50-38(46)30-26-22-18-14-10-6-2/h35-36,41-44H,5-34H2,1-4H3/t35-,36+,41-,42-/m1/s1. The maximum atomic E-state index is 13.1. The zero-order chi connectivity index (χ0) is 38.7. The molecule has 0 aliphatic heterocycles. The summed E-state index contributed by atoms with van der Waals surface area (Å²) in [5.74, 6) is -2.23. The highest BCUT2D eigenvalue weighted by molar-refractivity contribution is 5.71. The van der Waals surface area contributed by atoms with Gasteiger partial charge < -0.3 is 29.2 Å². The highest BCUT2D eigenvalue weighted by Crippen LogP contribution is 2.20. The molecule has 0 unspecified atom stereocenters. The van der Waals surface area contributed by atoms with Crippen LogP contribution < -0.4 is 0 Å². The number of ether oxygens (including phenoxy) is 4. The van der Waals surface area contributed by atoms with E-state index < -0.39 is 61.5 Å². The molecule has 0 bridgehead atoms. The monoisotopic (exact) mass is 743 g/mol. The van der Waals surface area contributed by atoms with Crippen LogP contribution in [0.5, 0.6) is 0 Å². The maximum Gasteiger partial charge on any atom is 0.306 e. The predicted octanol–water partition coefficient (Wildman–Crippen LogP) is 9.62. The van der Waals surface area contributed by atoms with E-state index in [-0.39, 0.29) is 25.7 Å². The SMILES string of the molecule is CCCCCCCCC(=O)OC[C@@H](O)[C@@H](OC(=O)CCCCCCCC)[C@H](OC(=O)CCCCCCCC)[C@@H](O)COC(=O)CCCCCCCC. The first-order valence-electron chi connectivity index (χ1n) is 21.3. The second-order valence-electron chi connectivity index (χ2n) is 14.5. The van der Waals surface area contributed by atoms with Gasteiger partial charge in [-0.25, -0.2) is 0 Å². The Morgan fingerprint density at radius 2 is 0.596 bits per heavy atom. The Bertz CT molecular complexity index is 809. The third-order valence-corrected chi connectivity index (χ3v) is 9.39. The van der Waals surface area contributed by atoms with Gasteiger partial charge in [-0.1, -0.05) is 156 Å². The van der Waals surface area contributed by atoms with E-state index in [4.69, 9.17) is 18.9 Å². The quantitative estimate of drug-likeness (QED) is 0.0358. The van der Waals surface area contributed by atoms with E-state index in [1.165, 1.54) is 0 Å². The Kier molecular flexibility index (Phi) is 34.3. The summed E-state index contributed by atoms with van der Waals surface area (Å²) in [7, 11) is 0. The van der Waals surface area contributed by atoms with E-state index in [1.54, 1.807) is 0 Å². The van der Waals surface area contributed by atoms with Crippen LogP contribution in [0.15, 0.2) is 0 Å². The molecule has 0 aromatic carbocycles. The number of carbonyl (C=O) groups excluding carboxylic acids is 4. The number of hydrogen-bond donors (Lipinski definition) is 2. The number of aliphatic hydroxyl groups excluding tert-OH is 2. The average Bonchev–Trinajstić information content (AvgIpc) is 3.13. The molecule has 0 spiro atoms. The number of carbonyl (C=O) groups is 4. The molecule has 4 atom stereocenters. The smallest absolute Gasteiger partial charge is 0.306 e. The average molecular weight is 743 g/mol. The zero-order valence-electron chi connectivity index (χ0n) is 33.7. The van der Waals surface area contributed by atoms with Gasteiger partial charge in [0.25, 0.3) is 0 Å². The topological polar surface area (TPSA) is 146 Å². The molecule has 0 heterocycles. The van der Waals surface area contributed by atoms with Crippen molar-refractivity contribution in [3.05, 3.63) is 0 Å². The lowest BCUT2D eigenvalue weighted by atomic mass is 10.0. The lowest BCUT2D eigenvalue weighted by Gasteiger charge is -2.33. The van der Waals surface area contributed by atoms with E-state index in [0.29, 0.717) is 25.7 Å². The van der Waals surface area contributed by atoms with Crippen LogP contribution in [-0.2, 0) is 38.1 Å². The van der Waals surface area contributed by atoms with Crippen molar-refractivity contribution in [3.63, 3.8) is 0 Å². The highest BCUT2D eigenvalue weighted by atomic mass is 16.6. The highest BCUT2D eigenvalue weighted by Gasteiger charge is 2.40. The molecule has 0 aromatic heterocycles. The number of unbranched alkanes of at least 4 members (excludes halogenated alkanes) is 20. The van der Waals surface area contributed by atoms with Crippen LogP contribution >= 0.6 is 0 Å². The van der Waals surface area contributed by atoms with Gasteiger partial charge in [-0.15, -0.1) is 0 Å². The zero-order valence-corrected chi connectivity index (χ0v) is 33.7. The van der Waals surface area contributed by atoms with Crippen molar-refractivity contribution in [1.82, 2.24) is 0 Å². The van der Waals surface area contributed by atoms with Gasteiger partial charge in [-0.2, -0.15) is 0 Å². The summed E-state index contributed by atoms with van der Waals surface area (Å²) in [6.45, 7) is 7.53. The van der Waals surface area contributed by atoms with Gasteiger partial charge in [0.05, 0.1) is 0 Å². The Morgan fingerprint density at radius 1 is 0.365 bits per heavy atom. The first kappa shape index (κ1) is 49.8. The minimum atomic E-state index is -1.60. The van der Waals surface area contributed by atoms with Crippen molar-refractivity contribution in [2.45, 2.75) is 232 Å². The van der Waals surface area contributed by atoms with Gasteiger partial charge in [0, 0.05) is 25.7 Å². The van der Waals surface area contributed by atoms with Crippen molar-refractivity contribution in [3.8, 4) is 0 Å². The maximum absolute atomic E-state index is 13.1. The van der Waals surface area contributed by atoms with Crippen LogP contribution in [0.4, 0.5) is 0 Å². The number of esters is 4. The van der Waals surface area contributed by atoms with E-state index in [2.05, 4.69) is 27.7 Å². The van der Waals surface area contributed by atoms with Crippen LogP contribution in [0.1, 0.15) is 207 Å². The largest absolute Gasteiger partial charge is 0.463 e. The Morgan fingerprint density at radius 3 is 0.865 bits per heavy atom. The molecule has 52 heavy (non-hydrogen) atoms. The molecule has 0 aliphatic rings. The van der Waals surface area contributed by atoms with Crippen molar-refractivity contribution in [1.29, 1.82) is 0 Å². The molecule has 10 heteroatoms. The molecule has 0 radical (unpaired) electrons. The molecule has 0 fully saturated rings. The molecule has 0 saturated heterocycles. The van der Waals surface area contributed by atoms with Gasteiger partial charge >= 0.3 is 23.9 Å². The molecule has 0 aliphatic carbocycles. The predicted molar refractivity (Wildman–Crippen MR) is 206 cm³/mol. The Hall–Kier alpha value is -2.20. The second kappa shape index (κ2) is 35.8. The molecular weight excluding hydrogens is 664 g/mol. The van der Waals surface area contributed by atoms with Gasteiger partial charge in [0.15, 0.2) is 12.2 Å². The number of rotatable bonds is 37. The first-order valence-corrected chi connectivity index (χ1v) is 21.3. The molecule has 2 N–H and O–H groups in total. The molecule has 10 nitrogen and oxygen atoms in total. The lowest BCUT2D eigenvalue weighted by molar-refractivity contribution is -0.197. The van der Waals surface area contributed by atoms with Gasteiger partial charge in [-0.05, 0) is 25.7 Å². The van der Waals surface area contributed by atoms with E-state index in [9.17, 15) is 29.4 Å². The van der Waals surface area contributed by atoms with Gasteiger partial charge in [0.2, 0.25) is 0 Å². The summed E-state index contributed by atoms with van der Waals surface area (Å²) in [5, 5.41) is 22.6. The van der Waals surface area contributed by atoms with E-state index in [0.717, 1.165) is 128 Å². The first-order chi connectivity index (χ1) is 25.2. The fourth-order valence-electron chi connectivity index (χ4n) is 6.04. The van der Waals surface area contributed by atoms with Crippen LogP contribution in [0, 0.1) is 0 Å². The number of hydrogen-bond acceptors (Lipinski definition) is 10. The second-order valence-corrected chi connectivity index (χ2v) is 14.5. The van der Waals surface area contributed by atoms with Crippen molar-refractivity contribution >= 4 is 23.9 Å². The minimum absolute atomic E-state index is 0.0783. The summed E-state index contributed by atoms with van der Waals surface area (Å²) in [5.41, 5.74) is 0. The molecule has 0 saturated carbocycles. The minimum Gasteiger partial charge on any atom is -0.463 e. The molecule has 306 valence electrons. The molecule has 0 rings (SSSR count). The third kappa shape index (κ3) is 29.3. The van der Waals surface area contributed by atoms with Gasteiger partial charge in [0.1, 0.15) is 25.4 Å². The van der Waals surface area contributed by atoms with Crippen LogP contribution in [-0.4, -0.2) is 71.7 Å². The van der Waals surface area contributed by atoms with Crippen molar-refractivity contribution in [2.75, 3.05) is 13.2 Å². The molecular formula is C42H78O10. The van der Waals surface area contributed by atoms with Crippen LogP contribution in [0.25, 0.3) is 0 Å². The summed E-state index contributed by atoms with van der Waals surface area (Å²) in [6, 6.07) is 0. The number of aliphatic hydroxyl groups is 2. The fraction of sp³-hybridized carbons (Fsp3) is 0.905. The summed E-state index contributed by atoms with van der Waals surface area (Å²) < 4.78 is 22.2. The van der Waals surface area contributed by atoms with Crippen molar-refractivity contribution in [2.24, 2.45) is 0 Å². The fourth-order valence-corrected chi connectivity index (χ4v) is 6.04. The Balaban J connectivity index is 5.70. The third-order valence-electron chi connectivity index (χ3n) is 9.39. The van der Waals surface area contributed by atoms with Crippen molar-refractivity contribution < 1.29 is 48.3 Å². The molecule has 0 amide bonds. The van der Waals surface area contributed by atoms with Crippen LogP contribution in [0.3, 0.4) is 0 Å². The Labute approximate surface area is 316 Å². The molecule has 0 aromatic rings. The summed E-state index contributed by atoms with van der Waals surface area (Å²) in [4.78, 5) is 51.2. The van der Waals surface area contributed by atoms with Crippen LogP contribution in [0.2, 0.25) is 0 Å². The lowest BCUT2D eigenvalue weighted by Crippen LogP contribution is -2.52. The van der Waals surface area contributed by atoms with Gasteiger partial charge in [-0.3, -0.25) is 19.2 Å². The van der Waals surface area contributed by atoms with E-state index in [1.807, 2.05) is 0 Å². The summed E-state index contributed by atoms with van der Waals surface area (Å²) >= 11 is 0. The normalized spacial score (nSPS) is 13.6. The van der Waals surface area contributed by atoms with E-state index >= 15 is 0 Å². The summed E-state index contributed by atoms with van der Waals surface area (Å²) in [6.07, 6.45) is 17.7.